The molecular formula is C12H11F3O2. The van der Waals surface area contributed by atoms with Gasteiger partial charge in [-0.1, -0.05) is 12.1 Å². The number of ketones is 1. The number of hydrogen-bond acceptors (Lipinski definition) is 2. The van der Waals surface area contributed by atoms with E-state index in [2.05, 4.69) is 0 Å². The van der Waals surface area contributed by atoms with Crippen molar-refractivity contribution in [2.75, 3.05) is 6.61 Å². The first-order chi connectivity index (χ1) is 7.97. The Balaban J connectivity index is 2.24. The van der Waals surface area contributed by atoms with Gasteiger partial charge in [-0.25, -0.2) is 0 Å². The van der Waals surface area contributed by atoms with Crippen molar-refractivity contribution in [2.24, 2.45) is 0 Å². The van der Waals surface area contributed by atoms with Gasteiger partial charge in [0.15, 0.2) is 0 Å². The van der Waals surface area contributed by atoms with E-state index in [4.69, 9.17) is 4.74 Å². The van der Waals surface area contributed by atoms with Crippen LogP contribution in [0.15, 0.2) is 24.3 Å². The number of carbonyl (C=O) groups excluding carboxylic acids is 1. The molecule has 1 aliphatic heterocycles. The maximum atomic E-state index is 12.5. The van der Waals surface area contributed by atoms with Crippen LogP contribution in [0.2, 0.25) is 0 Å². The Hall–Kier alpha value is -1.36. The summed E-state index contributed by atoms with van der Waals surface area (Å²) in [6.07, 6.45) is -4.41. The van der Waals surface area contributed by atoms with Crippen molar-refractivity contribution in [3.8, 4) is 0 Å². The summed E-state index contributed by atoms with van der Waals surface area (Å²) in [6, 6.07) is 4.94. The summed E-state index contributed by atoms with van der Waals surface area (Å²) in [5.74, 6) is 0.0265. The molecule has 17 heavy (non-hydrogen) atoms. The molecule has 2 rings (SSSR count). The molecule has 1 aliphatic rings. The van der Waals surface area contributed by atoms with Crippen LogP contribution in [-0.4, -0.2) is 12.4 Å². The minimum absolute atomic E-state index is 0.0265. The van der Waals surface area contributed by atoms with E-state index in [0.717, 1.165) is 12.1 Å². The lowest BCUT2D eigenvalue weighted by atomic mass is 9.99. The molecule has 1 aromatic carbocycles. The summed E-state index contributed by atoms with van der Waals surface area (Å²) >= 11 is 0. The first-order valence-corrected chi connectivity index (χ1v) is 5.27. The number of Topliss-reactive ketones (excluding diaryl/α,β-unsaturated/α-hetero) is 1. The molecule has 0 aromatic heterocycles. The Bertz CT molecular complexity index is 426. The fourth-order valence-electron chi connectivity index (χ4n) is 1.81. The summed E-state index contributed by atoms with van der Waals surface area (Å²) in [4.78, 5) is 11.2. The van der Waals surface area contributed by atoms with Crippen LogP contribution in [0.3, 0.4) is 0 Å². The maximum absolute atomic E-state index is 12.5. The zero-order valence-electron chi connectivity index (χ0n) is 8.96. The van der Waals surface area contributed by atoms with Crippen LogP contribution in [0.25, 0.3) is 0 Å². The van der Waals surface area contributed by atoms with Crippen molar-refractivity contribution in [2.45, 2.75) is 25.1 Å². The van der Waals surface area contributed by atoms with E-state index in [1.165, 1.54) is 6.07 Å². The minimum Gasteiger partial charge on any atom is -0.373 e. The van der Waals surface area contributed by atoms with Gasteiger partial charge >= 0.3 is 6.18 Å². The molecule has 1 atom stereocenters. The van der Waals surface area contributed by atoms with Crippen molar-refractivity contribution in [3.05, 3.63) is 35.4 Å². The maximum Gasteiger partial charge on any atom is 0.416 e. The number of ether oxygens (including phenoxy) is 1. The van der Waals surface area contributed by atoms with E-state index in [1.54, 1.807) is 6.07 Å². The first-order valence-electron chi connectivity index (χ1n) is 5.27. The molecule has 1 fully saturated rings. The molecule has 1 aromatic rings. The van der Waals surface area contributed by atoms with Gasteiger partial charge in [-0.2, -0.15) is 13.2 Å². The van der Waals surface area contributed by atoms with Crippen LogP contribution in [0.1, 0.15) is 30.1 Å². The number of halogens is 3. The van der Waals surface area contributed by atoms with Gasteiger partial charge in [0.2, 0.25) is 0 Å². The molecule has 1 heterocycles. The highest BCUT2D eigenvalue weighted by molar-refractivity contribution is 5.79. The highest BCUT2D eigenvalue weighted by Crippen LogP contribution is 2.33. The zero-order chi connectivity index (χ0) is 12.5. The average Bonchev–Trinajstić information content (AvgIpc) is 2.28. The molecule has 0 radical (unpaired) electrons. The molecule has 5 heteroatoms. The summed E-state index contributed by atoms with van der Waals surface area (Å²) in [7, 11) is 0. The Kier molecular flexibility index (Phi) is 3.19. The van der Waals surface area contributed by atoms with Crippen molar-refractivity contribution in [3.63, 3.8) is 0 Å². The standard InChI is InChI=1S/C12H11F3O2/c13-12(14,15)9-3-1-2-8(6-9)11-7-10(16)4-5-17-11/h1-3,6,11H,4-5,7H2. The van der Waals surface area contributed by atoms with Crippen LogP contribution in [0, 0.1) is 0 Å². The van der Waals surface area contributed by atoms with Crippen LogP contribution < -0.4 is 0 Å². The van der Waals surface area contributed by atoms with Crippen LogP contribution in [0.5, 0.6) is 0 Å². The van der Waals surface area contributed by atoms with Crippen LogP contribution >= 0.6 is 0 Å². The molecule has 0 N–H and O–H groups in total. The lowest BCUT2D eigenvalue weighted by molar-refractivity contribution is -0.137. The zero-order valence-corrected chi connectivity index (χ0v) is 8.96. The summed E-state index contributed by atoms with van der Waals surface area (Å²) in [6.45, 7) is 0.278. The van der Waals surface area contributed by atoms with Crippen molar-refractivity contribution in [1.29, 1.82) is 0 Å². The number of benzene rings is 1. The smallest absolute Gasteiger partial charge is 0.373 e. The molecule has 1 unspecified atom stereocenters. The van der Waals surface area contributed by atoms with Gasteiger partial charge in [0.05, 0.1) is 18.3 Å². The Morgan fingerprint density at radius 1 is 1.29 bits per heavy atom. The Labute approximate surface area is 96.4 Å². The van der Waals surface area contributed by atoms with Gasteiger partial charge in [-0.15, -0.1) is 0 Å². The summed E-state index contributed by atoms with van der Waals surface area (Å²) in [5, 5.41) is 0. The molecular weight excluding hydrogens is 233 g/mol. The highest BCUT2D eigenvalue weighted by Gasteiger charge is 2.31. The number of hydrogen-bond donors (Lipinski definition) is 0. The van der Waals surface area contributed by atoms with E-state index in [1.807, 2.05) is 0 Å². The summed E-state index contributed by atoms with van der Waals surface area (Å²) in [5.41, 5.74) is -0.301. The monoisotopic (exact) mass is 244 g/mol. The lowest BCUT2D eigenvalue weighted by Gasteiger charge is -2.22. The topological polar surface area (TPSA) is 26.3 Å². The van der Waals surface area contributed by atoms with Gasteiger partial charge < -0.3 is 4.74 Å². The van der Waals surface area contributed by atoms with Gasteiger partial charge in [-0.3, -0.25) is 4.79 Å². The van der Waals surface area contributed by atoms with Crippen LogP contribution in [0.4, 0.5) is 13.2 Å². The second-order valence-corrected chi connectivity index (χ2v) is 3.98. The quantitative estimate of drug-likeness (QED) is 0.758. The van der Waals surface area contributed by atoms with Gasteiger partial charge in [-0.05, 0) is 17.7 Å². The lowest BCUT2D eigenvalue weighted by Crippen LogP contribution is -2.19. The average molecular weight is 244 g/mol. The largest absolute Gasteiger partial charge is 0.416 e. The molecule has 0 amide bonds. The molecule has 0 aliphatic carbocycles. The fraction of sp³-hybridized carbons (Fsp3) is 0.417. The van der Waals surface area contributed by atoms with E-state index < -0.39 is 17.8 Å². The fourth-order valence-corrected chi connectivity index (χ4v) is 1.81. The molecule has 0 spiro atoms. The van der Waals surface area contributed by atoms with Crippen molar-refractivity contribution in [1.82, 2.24) is 0 Å². The molecule has 0 saturated carbocycles. The predicted octanol–water partition coefficient (Wildman–Crippen LogP) is 3.13. The SMILES string of the molecule is O=C1CCOC(c2cccc(C(F)(F)F)c2)C1. The van der Waals surface area contributed by atoms with Crippen LogP contribution in [-0.2, 0) is 15.7 Å². The van der Waals surface area contributed by atoms with Gasteiger partial charge in [0, 0.05) is 12.8 Å². The summed E-state index contributed by atoms with van der Waals surface area (Å²) < 4.78 is 42.8. The van der Waals surface area contributed by atoms with Gasteiger partial charge in [0.1, 0.15) is 5.78 Å². The molecule has 1 saturated heterocycles. The van der Waals surface area contributed by atoms with Crippen molar-refractivity contribution >= 4 is 5.78 Å². The number of alkyl halides is 3. The molecule has 0 bridgehead atoms. The van der Waals surface area contributed by atoms with E-state index in [-0.39, 0.29) is 18.8 Å². The third-order valence-corrected chi connectivity index (χ3v) is 2.70. The number of rotatable bonds is 1. The predicted molar refractivity (Wildman–Crippen MR) is 54.4 cm³/mol. The van der Waals surface area contributed by atoms with E-state index >= 15 is 0 Å². The second-order valence-electron chi connectivity index (χ2n) is 3.98. The first kappa shape index (κ1) is 12.1. The van der Waals surface area contributed by atoms with E-state index in [9.17, 15) is 18.0 Å². The second kappa shape index (κ2) is 4.49. The molecule has 2 nitrogen and oxygen atoms in total. The third-order valence-electron chi connectivity index (χ3n) is 2.70. The Morgan fingerprint density at radius 2 is 2.06 bits per heavy atom. The van der Waals surface area contributed by atoms with E-state index in [0.29, 0.717) is 12.0 Å². The number of carbonyl (C=O) groups is 1. The highest BCUT2D eigenvalue weighted by atomic mass is 19.4. The van der Waals surface area contributed by atoms with Gasteiger partial charge in [0.25, 0.3) is 0 Å². The van der Waals surface area contributed by atoms with Crippen molar-refractivity contribution < 1.29 is 22.7 Å². The minimum atomic E-state index is -4.37. The third kappa shape index (κ3) is 2.85. The molecule has 92 valence electrons. The Morgan fingerprint density at radius 3 is 2.71 bits per heavy atom. The normalized spacial score (nSPS) is 21.6.